The highest BCUT2D eigenvalue weighted by Crippen LogP contribution is 2.35. The lowest BCUT2D eigenvalue weighted by Gasteiger charge is -2.39. The summed E-state index contributed by atoms with van der Waals surface area (Å²) >= 11 is 0. The fraction of sp³-hybridized carbons (Fsp3) is 0.651. The number of likely N-dealkylation sites (tertiary alicyclic amines) is 2. The maximum Gasteiger partial charge on any atom is 0.404 e. The normalized spacial score (nSPS) is 18.7. The molecular weight excluding hydrogens is 1190 g/mol. The highest BCUT2D eigenvalue weighted by atomic mass is 19.4. The molecule has 4 unspecified atom stereocenters. The number of amides is 11. The number of hydrogen-bond donors (Lipinski definition) is 9. The second-order valence-electron chi connectivity index (χ2n) is 24.3. The van der Waals surface area contributed by atoms with Crippen LogP contribution in [0.25, 0.3) is 0 Å². The monoisotopic (exact) mass is 1290 g/mol. The Hall–Kier alpha value is -7.43. The van der Waals surface area contributed by atoms with E-state index in [-0.39, 0.29) is 107 Å². The van der Waals surface area contributed by atoms with Crippen molar-refractivity contribution < 1.29 is 70.6 Å². The molecule has 2 fully saturated rings. The number of ether oxygens (including phenoxy) is 2. The third-order valence-electron chi connectivity index (χ3n) is 17.2. The zero-order chi connectivity index (χ0) is 67.7. The number of carbonyl (C=O) groups is 10. The van der Waals surface area contributed by atoms with Crippen LogP contribution in [0.15, 0.2) is 54.6 Å². The second kappa shape index (κ2) is 37.2. The third kappa shape index (κ3) is 24.0. The summed E-state index contributed by atoms with van der Waals surface area (Å²) < 4.78 is 53.4. The average molecular weight is 1290 g/mol. The van der Waals surface area contributed by atoms with Crippen LogP contribution in [0.5, 0.6) is 0 Å². The number of rotatable bonds is 36. The summed E-state index contributed by atoms with van der Waals surface area (Å²) in [5.74, 6) is -6.43. The van der Waals surface area contributed by atoms with Gasteiger partial charge in [0.1, 0.15) is 18.1 Å². The molecule has 508 valence electrons. The second-order valence-corrected chi connectivity index (χ2v) is 24.3. The molecule has 2 aliphatic heterocycles. The first kappa shape index (κ1) is 76.0. The number of alkyl halides is 3. The predicted molar refractivity (Wildman–Crippen MR) is 335 cm³/mol. The largest absolute Gasteiger partial charge is 0.404 e. The summed E-state index contributed by atoms with van der Waals surface area (Å²) in [5, 5.41) is 18.8. The Labute approximate surface area is 532 Å². The van der Waals surface area contributed by atoms with Crippen molar-refractivity contribution in [2.75, 3.05) is 79.9 Å². The van der Waals surface area contributed by atoms with Gasteiger partial charge < -0.3 is 68.0 Å². The SMILES string of the molecule is CC[C@H](C)C([C@@H](CC(=O)N1CCC[C@H]1[C@H](OC)[C@@H](C)C(=O)N[C@@H](Cc1ccccc1)C(=O)NCc1ccc(NC(=O)[C@H](CCCNC(N)=O)NC(=O)CNC(=O)CCCN2CCC(C(N)=O)CC2C(F)(F)F)cc1)OC)N(C)C(=O)CNC(=O)C(C(C)C)N(C)C. The number of primary amides is 2. The number of methoxy groups -OCH3 is 2. The molecule has 4 rings (SSSR count). The Balaban J connectivity index is 1.37. The minimum atomic E-state index is -4.60. The minimum absolute atomic E-state index is 0.00681. The maximum atomic E-state index is 14.4. The Kier molecular flexibility index (Phi) is 31.1. The lowest BCUT2D eigenvalue weighted by atomic mass is 9.89. The van der Waals surface area contributed by atoms with Crippen molar-refractivity contribution in [1.82, 2.24) is 51.5 Å². The Morgan fingerprint density at radius 2 is 1.42 bits per heavy atom. The first-order chi connectivity index (χ1) is 43.0. The van der Waals surface area contributed by atoms with Crippen LogP contribution in [-0.2, 0) is 65.6 Å². The van der Waals surface area contributed by atoms with Crippen molar-refractivity contribution >= 4 is 64.9 Å². The van der Waals surface area contributed by atoms with Gasteiger partial charge >= 0.3 is 12.2 Å². The summed E-state index contributed by atoms with van der Waals surface area (Å²) in [4.78, 5) is 138. The Bertz CT molecular complexity index is 2720. The van der Waals surface area contributed by atoms with Gasteiger partial charge in [-0.2, -0.15) is 13.2 Å². The molecule has 0 bridgehead atoms. The van der Waals surface area contributed by atoms with E-state index >= 15 is 0 Å². The third-order valence-corrected chi connectivity index (χ3v) is 17.2. The van der Waals surface area contributed by atoms with E-state index in [0.29, 0.717) is 37.1 Å². The topological polar surface area (TPSA) is 338 Å². The van der Waals surface area contributed by atoms with Crippen LogP contribution in [0.2, 0.25) is 0 Å². The van der Waals surface area contributed by atoms with E-state index in [1.54, 1.807) is 48.0 Å². The van der Waals surface area contributed by atoms with Crippen molar-refractivity contribution in [1.29, 1.82) is 0 Å². The summed E-state index contributed by atoms with van der Waals surface area (Å²) in [6, 6.07) is 9.25. The highest BCUT2D eigenvalue weighted by molar-refractivity contribution is 5.98. The van der Waals surface area contributed by atoms with Crippen LogP contribution in [0.3, 0.4) is 0 Å². The average Bonchev–Trinajstić information content (AvgIpc) is 1.86. The summed E-state index contributed by atoms with van der Waals surface area (Å²) in [6.45, 7) is 9.13. The maximum absolute atomic E-state index is 14.4. The minimum Gasteiger partial charge on any atom is -0.379 e. The van der Waals surface area contributed by atoms with Gasteiger partial charge in [0.2, 0.25) is 53.2 Å². The zero-order valence-corrected chi connectivity index (χ0v) is 54.3. The molecule has 11 amide bonds. The lowest BCUT2D eigenvalue weighted by Crippen LogP contribution is -2.55. The van der Waals surface area contributed by atoms with Crippen molar-refractivity contribution in [3.05, 3.63) is 65.7 Å². The van der Waals surface area contributed by atoms with Crippen LogP contribution in [0.1, 0.15) is 110 Å². The summed E-state index contributed by atoms with van der Waals surface area (Å²) in [5.41, 5.74) is 12.2. The van der Waals surface area contributed by atoms with E-state index in [1.807, 2.05) is 77.0 Å². The quantitative estimate of drug-likeness (QED) is 0.0443. The molecule has 0 spiro atoms. The van der Waals surface area contributed by atoms with Crippen molar-refractivity contribution in [2.45, 2.75) is 166 Å². The number of piperidine rings is 1. The molecular formula is C63H98F3N13O12. The van der Waals surface area contributed by atoms with Gasteiger partial charge in [0.25, 0.3) is 0 Å². The van der Waals surface area contributed by atoms with Gasteiger partial charge in [-0.1, -0.05) is 83.5 Å². The lowest BCUT2D eigenvalue weighted by molar-refractivity contribution is -0.195. The van der Waals surface area contributed by atoms with Crippen molar-refractivity contribution in [3.63, 3.8) is 0 Å². The highest BCUT2D eigenvalue weighted by Gasteiger charge is 2.48. The van der Waals surface area contributed by atoms with E-state index in [9.17, 15) is 61.1 Å². The van der Waals surface area contributed by atoms with Gasteiger partial charge in [-0.15, -0.1) is 0 Å². The molecule has 11 N–H and O–H groups in total. The molecule has 11 atom stereocenters. The Morgan fingerprint density at radius 1 is 0.736 bits per heavy atom. The number of carbonyl (C=O) groups excluding carboxylic acids is 10. The van der Waals surface area contributed by atoms with Crippen molar-refractivity contribution in [3.8, 4) is 0 Å². The number of hydrogen-bond acceptors (Lipinski definition) is 14. The molecule has 2 aliphatic rings. The molecule has 2 heterocycles. The van der Waals surface area contributed by atoms with Crippen LogP contribution >= 0.6 is 0 Å². The number of nitrogens with one attached hydrogen (secondary N) is 7. The van der Waals surface area contributed by atoms with Crippen LogP contribution in [0, 0.1) is 23.7 Å². The first-order valence-electron chi connectivity index (χ1n) is 31.3. The molecule has 0 aliphatic carbocycles. The molecule has 2 aromatic carbocycles. The number of nitrogens with two attached hydrogens (primary N) is 2. The van der Waals surface area contributed by atoms with E-state index in [2.05, 4.69) is 37.2 Å². The number of likely N-dealkylation sites (N-methyl/N-ethyl adjacent to an activating group) is 2. The van der Waals surface area contributed by atoms with Gasteiger partial charge in [-0.05, 0) is 107 Å². The molecule has 0 aromatic heterocycles. The van der Waals surface area contributed by atoms with E-state index in [0.717, 1.165) is 5.56 Å². The van der Waals surface area contributed by atoms with Gasteiger partial charge in [-0.3, -0.25) is 53.0 Å². The van der Waals surface area contributed by atoms with Crippen molar-refractivity contribution in [2.24, 2.45) is 35.1 Å². The number of anilines is 1. The van der Waals surface area contributed by atoms with Crippen LogP contribution < -0.4 is 48.7 Å². The number of halogens is 3. The molecule has 0 radical (unpaired) electrons. The molecule has 28 heteroatoms. The predicted octanol–water partition coefficient (Wildman–Crippen LogP) is 2.55. The van der Waals surface area contributed by atoms with E-state index in [4.69, 9.17) is 20.9 Å². The van der Waals surface area contributed by atoms with Gasteiger partial charge in [0.15, 0.2) is 0 Å². The summed E-state index contributed by atoms with van der Waals surface area (Å²) in [7, 11) is 8.25. The fourth-order valence-corrected chi connectivity index (χ4v) is 12.1. The zero-order valence-electron chi connectivity index (χ0n) is 54.3. The van der Waals surface area contributed by atoms with Crippen LogP contribution in [0.4, 0.5) is 23.7 Å². The van der Waals surface area contributed by atoms with Gasteiger partial charge in [0.05, 0.1) is 55.8 Å². The Morgan fingerprint density at radius 3 is 2.01 bits per heavy atom. The smallest absolute Gasteiger partial charge is 0.379 e. The van der Waals surface area contributed by atoms with Gasteiger partial charge in [-0.25, -0.2) is 4.79 Å². The first-order valence-corrected chi connectivity index (χ1v) is 31.3. The molecule has 25 nitrogen and oxygen atoms in total. The standard InChI is InChI=1S/C63H98F3N13O12/c1-11-39(4)55(77(8)53(83)37-72-61(88)54(38(2)3)76(6)7)48(90-9)34-52(82)79-30-16-21-47(79)56(91-10)40(5)58(85)75-46(32-41-18-13-12-14-19-41)59(86)71-35-42-23-25-44(26-24-42)73-60(87)45(20-15-28-69-62(68)89)74-51(81)36-70-50(80)22-17-29-78-31-27-43(57(67)84)33-49(78)63(64,65)66/h12-14,18-19,23-26,38-40,43,45-49,54-56H,11,15-17,20-22,27-37H2,1-10H3,(H2,67,84)(H,70,80)(H,71,86)(H,72,88)(H,73,87)(H,74,81)(H,75,85)(H3,68,69,89)/t39-,40+,43?,45-,46-,47-,48+,49?,54?,55?,56+/m0/s1. The van der Waals surface area contributed by atoms with Gasteiger partial charge in [0, 0.05) is 65.3 Å². The van der Waals surface area contributed by atoms with E-state index < -0.39 is 121 Å². The number of urea groups is 1. The molecule has 2 aromatic rings. The molecule has 91 heavy (non-hydrogen) atoms. The molecule has 0 saturated carbocycles. The number of nitrogens with zero attached hydrogens (tertiary/aromatic N) is 4. The fourth-order valence-electron chi connectivity index (χ4n) is 12.1. The molecule has 2 saturated heterocycles. The number of benzene rings is 2. The summed E-state index contributed by atoms with van der Waals surface area (Å²) in [6.07, 6.45) is -4.41. The van der Waals surface area contributed by atoms with Crippen LogP contribution in [-0.4, -0.2) is 208 Å². The van der Waals surface area contributed by atoms with E-state index in [1.165, 1.54) is 19.1 Å².